The average Bonchev–Trinajstić information content (AvgIpc) is 2.71. The molecule has 0 amide bonds. The Morgan fingerprint density at radius 2 is 1.57 bits per heavy atom. The summed E-state index contributed by atoms with van der Waals surface area (Å²) in [5, 5.41) is 0. The van der Waals surface area contributed by atoms with Gasteiger partial charge in [0.25, 0.3) is 10.0 Å². The first-order valence-corrected chi connectivity index (χ1v) is 11.0. The van der Waals surface area contributed by atoms with Gasteiger partial charge in [0.1, 0.15) is 6.61 Å². The number of rotatable bonds is 10. The molecule has 0 radical (unpaired) electrons. The fourth-order valence-electron chi connectivity index (χ4n) is 2.68. The number of nitrogens with one attached hydrogen (secondary N) is 1. The van der Waals surface area contributed by atoms with Gasteiger partial charge in [0.2, 0.25) is 0 Å². The van der Waals surface area contributed by atoms with Crippen LogP contribution in [0.5, 0.6) is 0 Å². The number of sulfonamides is 1. The molecule has 0 saturated carbocycles. The van der Waals surface area contributed by atoms with Gasteiger partial charge in [0.15, 0.2) is 0 Å². The van der Waals surface area contributed by atoms with Gasteiger partial charge in [0, 0.05) is 12.2 Å². The first-order valence-electron chi connectivity index (χ1n) is 9.50. The number of likely N-dealkylation sites (N-methyl/N-ethyl adjacent to an activating group) is 1. The van der Waals surface area contributed by atoms with Crippen molar-refractivity contribution in [3.8, 4) is 0 Å². The highest BCUT2D eigenvalue weighted by atomic mass is 32.2. The molecule has 0 bridgehead atoms. The lowest BCUT2D eigenvalue weighted by Gasteiger charge is -2.17. The van der Waals surface area contributed by atoms with Crippen LogP contribution in [0.3, 0.4) is 0 Å². The molecule has 1 N–H and O–H groups in total. The van der Waals surface area contributed by atoms with Crippen molar-refractivity contribution in [2.45, 2.75) is 32.1 Å². The lowest BCUT2D eigenvalue weighted by Crippen LogP contribution is -2.27. The number of benzene rings is 2. The van der Waals surface area contributed by atoms with Gasteiger partial charge in [-0.1, -0.05) is 32.9 Å². The van der Waals surface area contributed by atoms with E-state index in [0.717, 1.165) is 25.1 Å². The van der Waals surface area contributed by atoms with Gasteiger partial charge < -0.3 is 9.64 Å². The van der Waals surface area contributed by atoms with Gasteiger partial charge in [-0.2, -0.15) is 0 Å². The maximum atomic E-state index is 12.5. The van der Waals surface area contributed by atoms with Crippen LogP contribution >= 0.6 is 0 Å². The molecule has 0 heterocycles. The molecule has 0 aliphatic heterocycles. The fourth-order valence-corrected chi connectivity index (χ4v) is 3.74. The highest BCUT2D eigenvalue weighted by Crippen LogP contribution is 2.18. The summed E-state index contributed by atoms with van der Waals surface area (Å²) in [6, 6.07) is 13.0. The quantitative estimate of drug-likeness (QED) is 0.613. The number of esters is 1. The number of ether oxygens (including phenoxy) is 1. The van der Waals surface area contributed by atoms with Crippen LogP contribution in [0, 0.1) is 0 Å². The Labute approximate surface area is 167 Å². The van der Waals surface area contributed by atoms with Crippen molar-refractivity contribution in [1.82, 2.24) is 4.90 Å². The molecule has 0 fully saturated rings. The lowest BCUT2D eigenvalue weighted by molar-refractivity contribution is 0.0466. The Morgan fingerprint density at radius 1 is 0.964 bits per heavy atom. The molecule has 0 aliphatic carbocycles. The summed E-state index contributed by atoms with van der Waals surface area (Å²) in [6.07, 6.45) is 0.847. The topological polar surface area (TPSA) is 75.7 Å². The van der Waals surface area contributed by atoms with E-state index in [2.05, 4.69) is 23.5 Å². The molecule has 0 aromatic heterocycles. The van der Waals surface area contributed by atoms with Crippen LogP contribution in [0.1, 0.15) is 36.7 Å². The van der Waals surface area contributed by atoms with Crippen molar-refractivity contribution < 1.29 is 17.9 Å². The molecule has 0 spiro atoms. The minimum absolute atomic E-state index is 0.199. The van der Waals surface area contributed by atoms with Gasteiger partial charge in [-0.05, 0) is 61.5 Å². The maximum Gasteiger partial charge on any atom is 0.338 e. The SMILES string of the molecule is CCc1ccc(S(=O)(=O)Nc2ccc(C(=O)OCCN(CC)CC)cc2)cc1. The van der Waals surface area contributed by atoms with Gasteiger partial charge in [0.05, 0.1) is 10.5 Å². The second-order valence-electron chi connectivity index (χ2n) is 6.34. The molecule has 0 unspecified atom stereocenters. The first-order chi connectivity index (χ1) is 13.4. The molecule has 2 aromatic carbocycles. The van der Waals surface area contributed by atoms with E-state index in [9.17, 15) is 13.2 Å². The first kappa shape index (κ1) is 21.9. The zero-order chi connectivity index (χ0) is 20.6. The Kier molecular flexibility index (Phi) is 8.02. The van der Waals surface area contributed by atoms with E-state index < -0.39 is 16.0 Å². The largest absolute Gasteiger partial charge is 0.461 e. The number of carbonyl (C=O) groups excluding carboxylic acids is 1. The van der Waals surface area contributed by atoms with Crippen LogP contribution in [0.25, 0.3) is 0 Å². The number of carbonyl (C=O) groups is 1. The van der Waals surface area contributed by atoms with Crippen LogP contribution in [-0.4, -0.2) is 45.5 Å². The van der Waals surface area contributed by atoms with Crippen molar-refractivity contribution in [2.24, 2.45) is 0 Å². The van der Waals surface area contributed by atoms with Crippen LogP contribution in [0.2, 0.25) is 0 Å². The van der Waals surface area contributed by atoms with Gasteiger partial charge in [-0.25, -0.2) is 13.2 Å². The Morgan fingerprint density at radius 3 is 2.11 bits per heavy atom. The van der Waals surface area contributed by atoms with E-state index in [0.29, 0.717) is 24.4 Å². The Balaban J connectivity index is 1.96. The van der Waals surface area contributed by atoms with Crippen molar-refractivity contribution >= 4 is 21.7 Å². The highest BCUT2D eigenvalue weighted by molar-refractivity contribution is 7.92. The molecule has 0 saturated heterocycles. The standard InChI is InChI=1S/C21H28N2O4S/c1-4-17-7-13-20(14-8-17)28(25,26)22-19-11-9-18(10-12-19)21(24)27-16-15-23(5-2)6-3/h7-14,22H,4-6,15-16H2,1-3H3. The smallest absolute Gasteiger partial charge is 0.338 e. The summed E-state index contributed by atoms with van der Waals surface area (Å²) in [7, 11) is -3.67. The zero-order valence-corrected chi connectivity index (χ0v) is 17.5. The van der Waals surface area contributed by atoms with Gasteiger partial charge in [-0.15, -0.1) is 0 Å². The monoisotopic (exact) mass is 404 g/mol. The summed E-state index contributed by atoms with van der Waals surface area (Å²) in [5.41, 5.74) is 1.84. The maximum absolute atomic E-state index is 12.5. The molecule has 152 valence electrons. The number of hydrogen-bond donors (Lipinski definition) is 1. The van der Waals surface area contributed by atoms with E-state index >= 15 is 0 Å². The summed E-state index contributed by atoms with van der Waals surface area (Å²) < 4.78 is 32.7. The zero-order valence-electron chi connectivity index (χ0n) is 16.6. The average molecular weight is 405 g/mol. The molecule has 2 aromatic rings. The molecule has 28 heavy (non-hydrogen) atoms. The summed E-state index contributed by atoms with van der Waals surface area (Å²) >= 11 is 0. The normalized spacial score (nSPS) is 11.4. The minimum atomic E-state index is -3.67. The van der Waals surface area contributed by atoms with Crippen LogP contribution in [-0.2, 0) is 21.2 Å². The molecule has 0 aliphatic rings. The second-order valence-corrected chi connectivity index (χ2v) is 8.03. The number of aryl methyl sites for hydroxylation is 1. The number of hydrogen-bond acceptors (Lipinski definition) is 5. The molecule has 2 rings (SSSR count). The van der Waals surface area contributed by atoms with E-state index in [1.165, 1.54) is 0 Å². The van der Waals surface area contributed by atoms with Crippen molar-refractivity contribution in [3.63, 3.8) is 0 Å². The third kappa shape index (κ3) is 6.07. The van der Waals surface area contributed by atoms with E-state index in [1.54, 1.807) is 48.5 Å². The number of nitrogens with zero attached hydrogens (tertiary/aromatic N) is 1. The summed E-state index contributed by atoms with van der Waals surface area (Å²) in [4.78, 5) is 14.5. The molecular weight excluding hydrogens is 376 g/mol. The number of anilines is 1. The molecule has 6 nitrogen and oxygen atoms in total. The van der Waals surface area contributed by atoms with Crippen molar-refractivity contribution in [1.29, 1.82) is 0 Å². The van der Waals surface area contributed by atoms with Crippen molar-refractivity contribution in [3.05, 3.63) is 59.7 Å². The predicted molar refractivity (Wildman–Crippen MR) is 111 cm³/mol. The minimum Gasteiger partial charge on any atom is -0.461 e. The van der Waals surface area contributed by atoms with Gasteiger partial charge in [-0.3, -0.25) is 4.72 Å². The Bertz CT molecular complexity index is 858. The summed E-state index contributed by atoms with van der Waals surface area (Å²) in [6.45, 7) is 8.95. The lowest BCUT2D eigenvalue weighted by atomic mass is 10.2. The Hall–Kier alpha value is -2.38. The van der Waals surface area contributed by atoms with Crippen LogP contribution in [0.4, 0.5) is 5.69 Å². The third-order valence-corrected chi connectivity index (χ3v) is 5.95. The van der Waals surface area contributed by atoms with Crippen LogP contribution < -0.4 is 4.72 Å². The van der Waals surface area contributed by atoms with E-state index in [-0.39, 0.29) is 4.90 Å². The summed E-state index contributed by atoms with van der Waals surface area (Å²) in [5.74, 6) is -0.420. The van der Waals surface area contributed by atoms with Crippen molar-refractivity contribution in [2.75, 3.05) is 31.0 Å². The predicted octanol–water partition coefficient (Wildman–Crippen LogP) is 3.55. The van der Waals surface area contributed by atoms with Crippen LogP contribution in [0.15, 0.2) is 53.4 Å². The third-order valence-electron chi connectivity index (χ3n) is 4.55. The van der Waals surface area contributed by atoms with Gasteiger partial charge >= 0.3 is 5.97 Å². The molecule has 0 atom stereocenters. The van der Waals surface area contributed by atoms with E-state index in [1.807, 2.05) is 6.92 Å². The molecule has 7 heteroatoms. The molecular formula is C21H28N2O4S. The van der Waals surface area contributed by atoms with E-state index in [4.69, 9.17) is 4.74 Å². The fraction of sp³-hybridized carbons (Fsp3) is 0.381. The highest BCUT2D eigenvalue weighted by Gasteiger charge is 2.15. The second kappa shape index (κ2) is 10.2.